The predicted octanol–water partition coefficient (Wildman–Crippen LogP) is 4.92. The molecule has 1 aromatic heterocycles. The number of hydrogen-bond acceptors (Lipinski definition) is 3. The average molecular weight is 286 g/mol. The second-order valence-electron chi connectivity index (χ2n) is 4.87. The quantitative estimate of drug-likeness (QED) is 0.739. The third-order valence-corrected chi connectivity index (χ3v) is 4.39. The van der Waals surface area contributed by atoms with E-state index in [-0.39, 0.29) is 11.9 Å². The Labute approximate surface area is 121 Å². The SMILES string of the molecule is Cc1ccc(F)c(NC(C)c2nc3ccccc3s2)c1. The van der Waals surface area contributed by atoms with Crippen molar-refractivity contribution < 1.29 is 4.39 Å². The molecule has 20 heavy (non-hydrogen) atoms. The number of aromatic nitrogens is 1. The van der Waals surface area contributed by atoms with Crippen molar-refractivity contribution in [2.45, 2.75) is 19.9 Å². The van der Waals surface area contributed by atoms with Crippen LogP contribution in [-0.4, -0.2) is 4.98 Å². The zero-order chi connectivity index (χ0) is 14.1. The highest BCUT2D eigenvalue weighted by atomic mass is 32.1. The van der Waals surface area contributed by atoms with Crippen LogP contribution in [-0.2, 0) is 0 Å². The molecule has 4 heteroatoms. The van der Waals surface area contributed by atoms with Crippen LogP contribution in [0.3, 0.4) is 0 Å². The Bertz CT molecular complexity index is 718. The molecule has 2 aromatic carbocycles. The van der Waals surface area contributed by atoms with Gasteiger partial charge in [-0.25, -0.2) is 9.37 Å². The van der Waals surface area contributed by atoms with E-state index in [9.17, 15) is 4.39 Å². The van der Waals surface area contributed by atoms with Crippen molar-refractivity contribution in [2.75, 3.05) is 5.32 Å². The van der Waals surface area contributed by atoms with Crippen LogP contribution in [0.2, 0.25) is 0 Å². The fourth-order valence-corrected chi connectivity index (χ4v) is 3.09. The lowest BCUT2D eigenvalue weighted by Gasteiger charge is -2.13. The molecule has 0 aliphatic heterocycles. The number of rotatable bonds is 3. The fourth-order valence-electron chi connectivity index (χ4n) is 2.12. The molecule has 0 saturated heterocycles. The molecule has 0 radical (unpaired) electrons. The molecule has 0 amide bonds. The minimum Gasteiger partial charge on any atom is -0.374 e. The van der Waals surface area contributed by atoms with E-state index in [1.807, 2.05) is 38.1 Å². The van der Waals surface area contributed by atoms with Gasteiger partial charge in [0.1, 0.15) is 10.8 Å². The first-order valence-corrected chi connectivity index (χ1v) is 7.33. The second kappa shape index (κ2) is 5.21. The largest absolute Gasteiger partial charge is 0.374 e. The van der Waals surface area contributed by atoms with Gasteiger partial charge in [-0.05, 0) is 43.7 Å². The first-order valence-electron chi connectivity index (χ1n) is 6.51. The summed E-state index contributed by atoms with van der Waals surface area (Å²) < 4.78 is 14.9. The Hall–Kier alpha value is -1.94. The number of nitrogens with zero attached hydrogens (tertiary/aromatic N) is 1. The van der Waals surface area contributed by atoms with Crippen molar-refractivity contribution in [1.82, 2.24) is 4.98 Å². The number of benzene rings is 2. The molecule has 102 valence electrons. The maximum absolute atomic E-state index is 13.8. The van der Waals surface area contributed by atoms with Gasteiger partial charge >= 0.3 is 0 Å². The van der Waals surface area contributed by atoms with Crippen molar-refractivity contribution in [1.29, 1.82) is 0 Å². The number of hydrogen-bond donors (Lipinski definition) is 1. The molecular formula is C16H15FN2S. The summed E-state index contributed by atoms with van der Waals surface area (Å²) in [5.74, 6) is -0.233. The topological polar surface area (TPSA) is 24.9 Å². The fraction of sp³-hybridized carbons (Fsp3) is 0.188. The van der Waals surface area contributed by atoms with Crippen LogP contribution in [0.1, 0.15) is 23.5 Å². The van der Waals surface area contributed by atoms with Crippen molar-refractivity contribution in [3.63, 3.8) is 0 Å². The number of fused-ring (bicyclic) bond motifs is 1. The summed E-state index contributed by atoms with van der Waals surface area (Å²) in [5, 5.41) is 4.17. The van der Waals surface area contributed by atoms with E-state index in [2.05, 4.69) is 16.4 Å². The third-order valence-electron chi connectivity index (χ3n) is 3.17. The molecule has 0 spiro atoms. The molecule has 0 aliphatic rings. The second-order valence-corrected chi connectivity index (χ2v) is 5.93. The number of halogens is 1. The highest BCUT2D eigenvalue weighted by Crippen LogP contribution is 2.29. The van der Waals surface area contributed by atoms with Gasteiger partial charge in [0.05, 0.1) is 21.9 Å². The van der Waals surface area contributed by atoms with Gasteiger partial charge in [-0.3, -0.25) is 0 Å². The standard InChI is InChI=1S/C16H15FN2S/c1-10-7-8-12(17)14(9-10)18-11(2)16-19-13-5-3-4-6-15(13)20-16/h3-9,11,18H,1-2H3. The summed E-state index contributed by atoms with van der Waals surface area (Å²) >= 11 is 1.64. The molecule has 2 nitrogen and oxygen atoms in total. The Morgan fingerprint density at radius 1 is 1.20 bits per heavy atom. The van der Waals surface area contributed by atoms with Gasteiger partial charge in [0.15, 0.2) is 0 Å². The van der Waals surface area contributed by atoms with Gasteiger partial charge in [-0.1, -0.05) is 18.2 Å². The summed E-state index contributed by atoms with van der Waals surface area (Å²) in [6.45, 7) is 3.95. The van der Waals surface area contributed by atoms with Crippen LogP contribution >= 0.6 is 11.3 Å². The number of nitrogens with one attached hydrogen (secondary N) is 1. The van der Waals surface area contributed by atoms with Gasteiger partial charge < -0.3 is 5.32 Å². The average Bonchev–Trinajstić information content (AvgIpc) is 2.87. The molecule has 3 rings (SSSR count). The first-order chi connectivity index (χ1) is 9.63. The van der Waals surface area contributed by atoms with Crippen molar-refractivity contribution >= 4 is 27.2 Å². The first kappa shape index (κ1) is 13.1. The maximum Gasteiger partial charge on any atom is 0.146 e. The summed E-state index contributed by atoms with van der Waals surface area (Å²) in [5.41, 5.74) is 2.55. The number of aryl methyl sites for hydroxylation is 1. The van der Waals surface area contributed by atoms with E-state index in [0.29, 0.717) is 5.69 Å². The zero-order valence-corrected chi connectivity index (χ0v) is 12.2. The van der Waals surface area contributed by atoms with Crippen molar-refractivity contribution in [3.05, 3.63) is 58.9 Å². The molecule has 1 unspecified atom stereocenters. The van der Waals surface area contributed by atoms with Crippen LogP contribution < -0.4 is 5.32 Å². The van der Waals surface area contributed by atoms with E-state index in [1.54, 1.807) is 17.4 Å². The molecule has 3 aromatic rings. The Balaban J connectivity index is 1.88. The molecule has 0 bridgehead atoms. The molecular weight excluding hydrogens is 271 g/mol. The van der Waals surface area contributed by atoms with Crippen molar-refractivity contribution in [2.24, 2.45) is 0 Å². The zero-order valence-electron chi connectivity index (χ0n) is 11.4. The number of para-hydroxylation sites is 1. The monoisotopic (exact) mass is 286 g/mol. The van der Waals surface area contributed by atoms with E-state index in [0.717, 1.165) is 20.8 Å². The number of thiazole rings is 1. The van der Waals surface area contributed by atoms with E-state index in [1.165, 1.54) is 6.07 Å². The van der Waals surface area contributed by atoms with Gasteiger partial charge in [0, 0.05) is 0 Å². The molecule has 1 atom stereocenters. The van der Waals surface area contributed by atoms with Gasteiger partial charge in [0.25, 0.3) is 0 Å². The highest BCUT2D eigenvalue weighted by molar-refractivity contribution is 7.18. The Morgan fingerprint density at radius 2 is 2.00 bits per heavy atom. The smallest absolute Gasteiger partial charge is 0.146 e. The highest BCUT2D eigenvalue weighted by Gasteiger charge is 2.13. The summed E-state index contributed by atoms with van der Waals surface area (Å²) in [4.78, 5) is 4.59. The summed E-state index contributed by atoms with van der Waals surface area (Å²) in [6.07, 6.45) is 0. The molecule has 1 N–H and O–H groups in total. The van der Waals surface area contributed by atoms with Gasteiger partial charge in [-0.2, -0.15) is 0 Å². The lowest BCUT2D eigenvalue weighted by Crippen LogP contribution is -2.07. The molecule has 1 heterocycles. The molecule has 0 fully saturated rings. The van der Waals surface area contributed by atoms with Crippen LogP contribution in [0.4, 0.5) is 10.1 Å². The van der Waals surface area contributed by atoms with E-state index < -0.39 is 0 Å². The Morgan fingerprint density at radius 3 is 2.80 bits per heavy atom. The van der Waals surface area contributed by atoms with Gasteiger partial charge in [0.2, 0.25) is 0 Å². The van der Waals surface area contributed by atoms with Crippen LogP contribution in [0.15, 0.2) is 42.5 Å². The van der Waals surface area contributed by atoms with Crippen molar-refractivity contribution in [3.8, 4) is 0 Å². The minimum absolute atomic E-state index is 0.0244. The Kier molecular flexibility index (Phi) is 3.40. The molecule has 0 aliphatic carbocycles. The predicted molar refractivity (Wildman–Crippen MR) is 82.8 cm³/mol. The summed E-state index contributed by atoms with van der Waals surface area (Å²) in [6, 6.07) is 13.1. The lowest BCUT2D eigenvalue weighted by molar-refractivity contribution is 0.627. The third kappa shape index (κ3) is 2.51. The summed E-state index contributed by atoms with van der Waals surface area (Å²) in [7, 11) is 0. The van der Waals surface area contributed by atoms with E-state index >= 15 is 0 Å². The van der Waals surface area contributed by atoms with Crippen LogP contribution in [0.25, 0.3) is 10.2 Å². The van der Waals surface area contributed by atoms with Crippen LogP contribution in [0, 0.1) is 12.7 Å². The number of anilines is 1. The maximum atomic E-state index is 13.8. The minimum atomic E-state index is -0.233. The normalized spacial score (nSPS) is 12.6. The van der Waals surface area contributed by atoms with Gasteiger partial charge in [-0.15, -0.1) is 11.3 Å². The molecule has 0 saturated carbocycles. The van der Waals surface area contributed by atoms with E-state index in [4.69, 9.17) is 0 Å². The lowest BCUT2D eigenvalue weighted by atomic mass is 10.2. The van der Waals surface area contributed by atoms with Crippen LogP contribution in [0.5, 0.6) is 0 Å².